The molecule has 1 heterocycles. The Morgan fingerprint density at radius 1 is 1.32 bits per heavy atom. The molecular formula is C15H18N2OS. The van der Waals surface area contributed by atoms with E-state index in [-0.39, 0.29) is 5.78 Å². The Morgan fingerprint density at radius 3 is 2.79 bits per heavy atom. The highest BCUT2D eigenvalue weighted by Gasteiger charge is 2.09. The van der Waals surface area contributed by atoms with E-state index in [9.17, 15) is 4.79 Å². The molecular weight excluding hydrogens is 256 g/mol. The highest BCUT2D eigenvalue weighted by molar-refractivity contribution is 7.09. The van der Waals surface area contributed by atoms with Gasteiger partial charge in [-0.2, -0.15) is 0 Å². The molecule has 1 aromatic heterocycles. The molecule has 0 spiro atoms. The van der Waals surface area contributed by atoms with Gasteiger partial charge in [-0.15, -0.1) is 11.3 Å². The van der Waals surface area contributed by atoms with Gasteiger partial charge in [0.25, 0.3) is 0 Å². The van der Waals surface area contributed by atoms with Gasteiger partial charge < -0.3 is 10.6 Å². The quantitative estimate of drug-likeness (QED) is 0.824. The number of nitrogens with zero attached hydrogens (tertiary/aromatic N) is 1. The van der Waals surface area contributed by atoms with Crippen LogP contribution in [0, 0.1) is 0 Å². The summed E-state index contributed by atoms with van der Waals surface area (Å²) in [6.07, 6.45) is 0. The van der Waals surface area contributed by atoms with E-state index in [1.807, 2.05) is 30.3 Å². The summed E-state index contributed by atoms with van der Waals surface area (Å²) < 4.78 is 0. The predicted molar refractivity (Wildman–Crippen MR) is 80.9 cm³/mol. The van der Waals surface area contributed by atoms with Gasteiger partial charge >= 0.3 is 0 Å². The molecule has 2 aromatic rings. The highest BCUT2D eigenvalue weighted by Crippen LogP contribution is 2.20. The lowest BCUT2D eigenvalue weighted by atomic mass is 10.1. The molecule has 0 saturated heterocycles. The number of thiophene rings is 1. The van der Waals surface area contributed by atoms with Crippen LogP contribution in [0.15, 0.2) is 41.8 Å². The molecule has 0 amide bonds. The fourth-order valence-corrected chi connectivity index (χ4v) is 2.69. The molecule has 0 atom stereocenters. The summed E-state index contributed by atoms with van der Waals surface area (Å²) in [6, 6.07) is 11.9. The van der Waals surface area contributed by atoms with E-state index in [1.165, 1.54) is 4.88 Å². The molecule has 0 saturated carbocycles. The summed E-state index contributed by atoms with van der Waals surface area (Å²) in [6.45, 7) is 3.79. The van der Waals surface area contributed by atoms with Gasteiger partial charge in [0.2, 0.25) is 0 Å². The topological polar surface area (TPSA) is 46.3 Å². The molecule has 19 heavy (non-hydrogen) atoms. The fourth-order valence-electron chi connectivity index (χ4n) is 1.97. The van der Waals surface area contributed by atoms with Gasteiger partial charge in [-0.3, -0.25) is 4.79 Å². The Hall–Kier alpha value is -1.65. The van der Waals surface area contributed by atoms with E-state index in [1.54, 1.807) is 18.3 Å². The van der Waals surface area contributed by atoms with Gasteiger partial charge in [-0.05, 0) is 30.5 Å². The van der Waals surface area contributed by atoms with Gasteiger partial charge in [0, 0.05) is 29.2 Å². The zero-order valence-electron chi connectivity index (χ0n) is 11.0. The Balaban J connectivity index is 2.22. The molecule has 1 aromatic carbocycles. The maximum atomic E-state index is 11.5. The molecule has 0 radical (unpaired) electrons. The number of carbonyl (C=O) groups is 1. The minimum absolute atomic E-state index is 0.0886. The molecule has 100 valence electrons. The SMILES string of the molecule is CC(=O)c1cccc(N(CCN)Cc2cccs2)c1. The summed E-state index contributed by atoms with van der Waals surface area (Å²) in [5.74, 6) is 0.0886. The first-order valence-corrected chi connectivity index (χ1v) is 7.17. The van der Waals surface area contributed by atoms with Crippen molar-refractivity contribution in [2.24, 2.45) is 5.73 Å². The number of Topliss-reactive ketones (excluding diaryl/α,β-unsaturated/α-hetero) is 1. The first-order chi connectivity index (χ1) is 9.20. The first-order valence-electron chi connectivity index (χ1n) is 6.29. The van der Waals surface area contributed by atoms with Gasteiger partial charge in [0.05, 0.1) is 6.54 Å². The van der Waals surface area contributed by atoms with Crippen LogP contribution in [-0.2, 0) is 6.54 Å². The van der Waals surface area contributed by atoms with Crippen LogP contribution in [0.3, 0.4) is 0 Å². The van der Waals surface area contributed by atoms with Crippen molar-refractivity contribution in [3.8, 4) is 0 Å². The number of anilines is 1. The zero-order valence-corrected chi connectivity index (χ0v) is 11.8. The third-order valence-corrected chi connectivity index (χ3v) is 3.80. The fraction of sp³-hybridized carbons (Fsp3) is 0.267. The summed E-state index contributed by atoms with van der Waals surface area (Å²) in [4.78, 5) is 15.0. The monoisotopic (exact) mass is 274 g/mol. The van der Waals surface area contributed by atoms with Crippen molar-refractivity contribution in [2.75, 3.05) is 18.0 Å². The molecule has 0 fully saturated rings. The van der Waals surface area contributed by atoms with Crippen LogP contribution < -0.4 is 10.6 Å². The normalized spacial score (nSPS) is 10.4. The molecule has 0 bridgehead atoms. The summed E-state index contributed by atoms with van der Waals surface area (Å²) in [5.41, 5.74) is 7.48. The maximum Gasteiger partial charge on any atom is 0.159 e. The van der Waals surface area contributed by atoms with Crippen molar-refractivity contribution in [1.82, 2.24) is 0 Å². The number of carbonyl (C=O) groups excluding carboxylic acids is 1. The minimum atomic E-state index is 0.0886. The molecule has 0 aliphatic carbocycles. The van der Waals surface area contributed by atoms with Gasteiger partial charge in [0.15, 0.2) is 5.78 Å². The third kappa shape index (κ3) is 3.66. The van der Waals surface area contributed by atoms with Crippen LogP contribution in [-0.4, -0.2) is 18.9 Å². The van der Waals surface area contributed by atoms with Crippen LogP contribution in [0.25, 0.3) is 0 Å². The third-order valence-electron chi connectivity index (χ3n) is 2.94. The lowest BCUT2D eigenvalue weighted by Gasteiger charge is -2.24. The molecule has 0 unspecified atom stereocenters. The van der Waals surface area contributed by atoms with Crippen molar-refractivity contribution in [1.29, 1.82) is 0 Å². The summed E-state index contributed by atoms with van der Waals surface area (Å²) in [7, 11) is 0. The van der Waals surface area contributed by atoms with Crippen molar-refractivity contribution in [2.45, 2.75) is 13.5 Å². The van der Waals surface area contributed by atoms with E-state index in [2.05, 4.69) is 16.3 Å². The van der Waals surface area contributed by atoms with Crippen LogP contribution in [0.4, 0.5) is 5.69 Å². The van der Waals surface area contributed by atoms with E-state index >= 15 is 0 Å². The standard InChI is InChI=1S/C15H18N2OS/c1-12(18)13-4-2-5-14(10-13)17(8-7-16)11-15-6-3-9-19-15/h2-6,9-10H,7-8,11,16H2,1H3. The Morgan fingerprint density at radius 2 is 2.16 bits per heavy atom. The Bertz CT molecular complexity index is 537. The second-order valence-electron chi connectivity index (χ2n) is 4.40. The zero-order chi connectivity index (χ0) is 13.7. The van der Waals surface area contributed by atoms with Crippen LogP contribution >= 0.6 is 11.3 Å². The largest absolute Gasteiger partial charge is 0.365 e. The van der Waals surface area contributed by atoms with Crippen LogP contribution in [0.5, 0.6) is 0 Å². The van der Waals surface area contributed by atoms with Crippen molar-refractivity contribution in [3.05, 3.63) is 52.2 Å². The Labute approximate surface area is 117 Å². The van der Waals surface area contributed by atoms with E-state index in [0.717, 1.165) is 24.3 Å². The number of benzene rings is 1. The number of rotatable bonds is 6. The Kier molecular flexibility index (Phi) is 4.71. The molecule has 2 rings (SSSR count). The number of hydrogen-bond donors (Lipinski definition) is 1. The van der Waals surface area contributed by atoms with E-state index in [4.69, 9.17) is 5.73 Å². The second-order valence-corrected chi connectivity index (χ2v) is 5.43. The van der Waals surface area contributed by atoms with E-state index in [0.29, 0.717) is 6.54 Å². The summed E-state index contributed by atoms with van der Waals surface area (Å²) in [5, 5.41) is 2.07. The molecule has 4 heteroatoms. The van der Waals surface area contributed by atoms with Gasteiger partial charge in [-0.1, -0.05) is 18.2 Å². The predicted octanol–water partition coefficient (Wildman–Crippen LogP) is 2.92. The highest BCUT2D eigenvalue weighted by atomic mass is 32.1. The number of ketones is 1. The van der Waals surface area contributed by atoms with Gasteiger partial charge in [-0.25, -0.2) is 0 Å². The number of nitrogens with two attached hydrogens (primary N) is 1. The number of hydrogen-bond acceptors (Lipinski definition) is 4. The first kappa shape index (κ1) is 13.8. The van der Waals surface area contributed by atoms with Gasteiger partial charge in [0.1, 0.15) is 0 Å². The van der Waals surface area contributed by atoms with E-state index < -0.39 is 0 Å². The molecule has 0 aliphatic heterocycles. The lowest BCUT2D eigenvalue weighted by molar-refractivity contribution is 0.101. The van der Waals surface area contributed by atoms with Crippen molar-refractivity contribution < 1.29 is 4.79 Å². The average Bonchev–Trinajstić information content (AvgIpc) is 2.91. The van der Waals surface area contributed by atoms with Crippen molar-refractivity contribution >= 4 is 22.8 Å². The second kappa shape index (κ2) is 6.50. The smallest absolute Gasteiger partial charge is 0.159 e. The maximum absolute atomic E-state index is 11.5. The summed E-state index contributed by atoms with van der Waals surface area (Å²) >= 11 is 1.73. The molecule has 0 aliphatic rings. The molecule has 3 nitrogen and oxygen atoms in total. The van der Waals surface area contributed by atoms with Crippen molar-refractivity contribution in [3.63, 3.8) is 0 Å². The lowest BCUT2D eigenvalue weighted by Crippen LogP contribution is -2.28. The van der Waals surface area contributed by atoms with Crippen LogP contribution in [0.2, 0.25) is 0 Å². The average molecular weight is 274 g/mol. The minimum Gasteiger partial charge on any atom is -0.365 e. The molecule has 2 N–H and O–H groups in total. The van der Waals surface area contributed by atoms with Crippen LogP contribution in [0.1, 0.15) is 22.2 Å².